The van der Waals surface area contributed by atoms with Gasteiger partial charge in [0, 0.05) is 21.9 Å². The monoisotopic (exact) mass is 342 g/mol. The van der Waals surface area contributed by atoms with E-state index < -0.39 is 0 Å². The van der Waals surface area contributed by atoms with Gasteiger partial charge >= 0.3 is 0 Å². The summed E-state index contributed by atoms with van der Waals surface area (Å²) in [6.45, 7) is 0. The van der Waals surface area contributed by atoms with Gasteiger partial charge in [0.2, 0.25) is 5.88 Å². The first-order chi connectivity index (χ1) is 8.78. The summed E-state index contributed by atoms with van der Waals surface area (Å²) in [7, 11) is 0. The van der Waals surface area contributed by atoms with Gasteiger partial charge < -0.3 is 4.74 Å². The molecule has 0 unspecified atom stereocenters. The largest absolute Gasteiger partial charge is 0.437 e. The van der Waals surface area contributed by atoms with Gasteiger partial charge in [0.1, 0.15) is 5.75 Å². The van der Waals surface area contributed by atoms with Crippen LogP contribution in [0.3, 0.4) is 0 Å². The number of nitrogens with zero attached hydrogens (tertiary/aromatic N) is 2. The van der Waals surface area contributed by atoms with E-state index in [0.29, 0.717) is 22.0 Å². The molecule has 0 aliphatic rings. The van der Waals surface area contributed by atoms with E-state index in [-0.39, 0.29) is 0 Å². The fourth-order valence-electron chi connectivity index (χ4n) is 1.66. The topological polar surface area (TPSA) is 26.5 Å². The second-order valence-corrected chi connectivity index (χ2v) is 5.48. The van der Waals surface area contributed by atoms with E-state index >= 15 is 0 Å². The molecule has 0 amide bonds. The Kier molecular flexibility index (Phi) is 3.28. The summed E-state index contributed by atoms with van der Waals surface area (Å²) in [4.78, 5) is 5.37. The van der Waals surface area contributed by atoms with Gasteiger partial charge in [-0.3, -0.25) is 4.40 Å². The highest BCUT2D eigenvalue weighted by Gasteiger charge is 2.14. The number of benzene rings is 1. The molecule has 0 fully saturated rings. The van der Waals surface area contributed by atoms with E-state index in [1.807, 2.05) is 34.2 Å². The van der Waals surface area contributed by atoms with Gasteiger partial charge in [-0.1, -0.05) is 33.6 Å². The molecule has 3 rings (SSSR count). The molecule has 0 aliphatic heterocycles. The molecule has 0 saturated heterocycles. The van der Waals surface area contributed by atoms with E-state index in [2.05, 4.69) is 20.9 Å². The van der Waals surface area contributed by atoms with Crippen molar-refractivity contribution < 1.29 is 4.74 Å². The van der Waals surface area contributed by atoms with Gasteiger partial charge in [0.25, 0.3) is 0 Å². The molecule has 0 N–H and O–H groups in total. The molecule has 2 heterocycles. The predicted molar refractivity (Wildman–Crippen MR) is 77.2 cm³/mol. The van der Waals surface area contributed by atoms with Crippen molar-refractivity contribution in [2.45, 2.75) is 5.33 Å². The lowest BCUT2D eigenvalue weighted by Crippen LogP contribution is -1.90. The van der Waals surface area contributed by atoms with Crippen molar-refractivity contribution in [2.24, 2.45) is 0 Å². The quantitative estimate of drug-likeness (QED) is 0.642. The van der Waals surface area contributed by atoms with E-state index in [1.54, 1.807) is 17.4 Å². The van der Waals surface area contributed by atoms with Crippen LogP contribution < -0.4 is 4.74 Å². The number of hydrogen-bond donors (Lipinski definition) is 0. The molecule has 0 radical (unpaired) electrons. The van der Waals surface area contributed by atoms with E-state index in [0.717, 1.165) is 10.7 Å². The third-order valence-electron chi connectivity index (χ3n) is 2.46. The third-order valence-corrected chi connectivity index (χ3v) is 3.98. The lowest BCUT2D eigenvalue weighted by Gasteiger charge is -2.04. The van der Waals surface area contributed by atoms with Gasteiger partial charge in [0.05, 0.1) is 5.69 Å². The molecular formula is C12H8BrClN2OS. The van der Waals surface area contributed by atoms with Crippen LogP contribution in [0.4, 0.5) is 0 Å². The fraction of sp³-hybridized carbons (Fsp3) is 0.0833. The number of thiazole rings is 1. The van der Waals surface area contributed by atoms with E-state index in [4.69, 9.17) is 16.3 Å². The number of ether oxygens (including phenoxy) is 1. The van der Waals surface area contributed by atoms with Crippen molar-refractivity contribution in [3.63, 3.8) is 0 Å². The molecule has 3 nitrogen and oxygen atoms in total. The lowest BCUT2D eigenvalue weighted by atomic mass is 10.3. The third kappa shape index (κ3) is 2.13. The van der Waals surface area contributed by atoms with Crippen LogP contribution in [-0.2, 0) is 5.33 Å². The van der Waals surface area contributed by atoms with Gasteiger partial charge in [0.15, 0.2) is 4.96 Å². The van der Waals surface area contributed by atoms with Crippen molar-refractivity contribution in [1.29, 1.82) is 0 Å². The maximum absolute atomic E-state index is 5.93. The summed E-state index contributed by atoms with van der Waals surface area (Å²) in [5.41, 5.74) is 0.992. The number of rotatable bonds is 3. The van der Waals surface area contributed by atoms with Gasteiger partial charge in [-0.05, 0) is 18.2 Å². The van der Waals surface area contributed by atoms with Crippen LogP contribution >= 0.6 is 38.9 Å². The molecule has 3 aromatic rings. The van der Waals surface area contributed by atoms with Crippen molar-refractivity contribution in [3.05, 3.63) is 46.6 Å². The highest BCUT2D eigenvalue weighted by atomic mass is 79.9. The molecule has 0 aliphatic carbocycles. The van der Waals surface area contributed by atoms with Gasteiger partial charge in [-0.25, -0.2) is 0 Å². The number of hydrogen-bond acceptors (Lipinski definition) is 3. The Labute approximate surface area is 121 Å². The zero-order chi connectivity index (χ0) is 12.5. The molecule has 0 spiro atoms. The zero-order valence-corrected chi connectivity index (χ0v) is 12.3. The smallest absolute Gasteiger partial charge is 0.243 e. The fourth-order valence-corrected chi connectivity index (χ4v) is 3.07. The van der Waals surface area contributed by atoms with E-state index in [1.165, 1.54) is 0 Å². The molecule has 0 bridgehead atoms. The van der Waals surface area contributed by atoms with Crippen molar-refractivity contribution in [2.75, 3.05) is 0 Å². The van der Waals surface area contributed by atoms with E-state index in [9.17, 15) is 0 Å². The molecular weight excluding hydrogens is 336 g/mol. The van der Waals surface area contributed by atoms with Crippen LogP contribution in [0.5, 0.6) is 11.6 Å². The maximum Gasteiger partial charge on any atom is 0.243 e. The highest BCUT2D eigenvalue weighted by Crippen LogP contribution is 2.30. The average molecular weight is 344 g/mol. The minimum atomic E-state index is 0.612. The number of aromatic nitrogens is 2. The van der Waals surface area contributed by atoms with Crippen LogP contribution in [0.1, 0.15) is 5.69 Å². The van der Waals surface area contributed by atoms with Crippen LogP contribution in [-0.4, -0.2) is 9.38 Å². The first-order valence-corrected chi connectivity index (χ1v) is 7.59. The summed E-state index contributed by atoms with van der Waals surface area (Å²) in [6.07, 6.45) is 1.98. The standard InChI is InChI=1S/C12H8BrClN2OS/c13-7-10-11(15-12-16(10)4-5-18-12)17-9-3-1-2-8(14)6-9/h1-6H,7H2. The van der Waals surface area contributed by atoms with Crippen molar-refractivity contribution >= 4 is 43.8 Å². The normalized spacial score (nSPS) is 11.0. The Balaban J connectivity index is 2.01. The Morgan fingerprint density at radius 3 is 3.11 bits per heavy atom. The summed E-state index contributed by atoms with van der Waals surface area (Å²) < 4.78 is 7.80. The summed E-state index contributed by atoms with van der Waals surface area (Å²) in [5, 5.41) is 3.33. The number of halogens is 2. The molecule has 0 atom stereocenters. The second-order valence-electron chi connectivity index (χ2n) is 3.61. The highest BCUT2D eigenvalue weighted by molar-refractivity contribution is 9.08. The van der Waals surface area contributed by atoms with Gasteiger partial charge in [-0.2, -0.15) is 4.98 Å². The molecule has 6 heteroatoms. The number of fused-ring (bicyclic) bond motifs is 1. The van der Waals surface area contributed by atoms with Crippen LogP contribution in [0.15, 0.2) is 35.8 Å². The summed E-state index contributed by atoms with van der Waals surface area (Å²) in [6, 6.07) is 7.29. The second kappa shape index (κ2) is 4.91. The minimum Gasteiger partial charge on any atom is -0.437 e. The Morgan fingerprint density at radius 2 is 2.33 bits per heavy atom. The number of alkyl halides is 1. The number of imidazole rings is 1. The van der Waals surface area contributed by atoms with Crippen LogP contribution in [0.2, 0.25) is 5.02 Å². The predicted octanol–water partition coefficient (Wildman–Crippen LogP) is 4.74. The lowest BCUT2D eigenvalue weighted by molar-refractivity contribution is 0.462. The summed E-state index contributed by atoms with van der Waals surface area (Å²) in [5.74, 6) is 1.30. The molecule has 92 valence electrons. The first kappa shape index (κ1) is 12.0. The zero-order valence-electron chi connectivity index (χ0n) is 9.14. The SMILES string of the molecule is Clc1cccc(Oc2nc3sccn3c2CBr)c1. The average Bonchev–Trinajstić information content (AvgIpc) is 2.89. The van der Waals surface area contributed by atoms with Crippen molar-refractivity contribution in [3.8, 4) is 11.6 Å². The molecule has 0 saturated carbocycles. The molecule has 2 aromatic heterocycles. The minimum absolute atomic E-state index is 0.612. The Bertz CT molecular complexity index is 694. The maximum atomic E-state index is 5.93. The summed E-state index contributed by atoms with van der Waals surface area (Å²) >= 11 is 11.0. The first-order valence-electron chi connectivity index (χ1n) is 5.22. The molecule has 1 aromatic carbocycles. The van der Waals surface area contributed by atoms with Crippen LogP contribution in [0.25, 0.3) is 4.96 Å². The van der Waals surface area contributed by atoms with Crippen LogP contribution in [0, 0.1) is 0 Å². The Morgan fingerprint density at radius 1 is 1.44 bits per heavy atom. The molecule has 18 heavy (non-hydrogen) atoms. The Hall–Kier alpha value is -1.04. The van der Waals surface area contributed by atoms with Crippen molar-refractivity contribution in [1.82, 2.24) is 9.38 Å². The van der Waals surface area contributed by atoms with Gasteiger partial charge in [-0.15, -0.1) is 11.3 Å².